The van der Waals surface area contributed by atoms with Gasteiger partial charge in [-0.25, -0.2) is 4.79 Å². The minimum atomic E-state index is -0.731. The van der Waals surface area contributed by atoms with Crippen molar-refractivity contribution in [3.8, 4) is 0 Å². The van der Waals surface area contributed by atoms with Gasteiger partial charge in [0.15, 0.2) is 0 Å². The molecule has 0 aromatic carbocycles. The summed E-state index contributed by atoms with van der Waals surface area (Å²) in [6, 6.07) is -1.38. The van der Waals surface area contributed by atoms with Gasteiger partial charge in [-0.3, -0.25) is 9.59 Å². The molecule has 0 unspecified atom stereocenters. The minimum Gasteiger partial charge on any atom is -0.464 e. The molecule has 0 aromatic rings. The summed E-state index contributed by atoms with van der Waals surface area (Å²) in [7, 11) is 0. The zero-order valence-corrected chi connectivity index (χ0v) is 16.3. The molecule has 0 bridgehead atoms. The molecule has 1 aliphatic carbocycles. The molecule has 144 valence electrons. The van der Waals surface area contributed by atoms with E-state index in [9.17, 15) is 14.4 Å². The Kier molecular flexibility index (Phi) is 8.93. The molecule has 25 heavy (non-hydrogen) atoms. The van der Waals surface area contributed by atoms with E-state index in [1.807, 2.05) is 13.8 Å². The molecule has 1 aliphatic rings. The van der Waals surface area contributed by atoms with Gasteiger partial charge in [-0.15, -0.1) is 0 Å². The van der Waals surface area contributed by atoms with Crippen molar-refractivity contribution >= 4 is 17.8 Å². The van der Waals surface area contributed by atoms with E-state index in [2.05, 4.69) is 17.6 Å². The summed E-state index contributed by atoms with van der Waals surface area (Å²) in [4.78, 5) is 36.7. The molecule has 0 radical (unpaired) electrons. The standard InChI is InChI=1S/C19H34N2O4/c1-6-14-8-10-15(11-9-14)17(22)21-16(12(3)4)18(23)20-13(5)19(24)25-7-2/h12-16H,6-11H2,1-5H3,(H,20,23)(H,21,22)/t13-,14?,15?,16-/m1/s1. The lowest BCUT2D eigenvalue weighted by Gasteiger charge is -2.29. The van der Waals surface area contributed by atoms with E-state index in [0.29, 0.717) is 0 Å². The number of nitrogens with one attached hydrogen (secondary N) is 2. The molecule has 0 heterocycles. The Balaban J connectivity index is 2.59. The van der Waals surface area contributed by atoms with Gasteiger partial charge in [0.05, 0.1) is 6.61 Å². The molecular formula is C19H34N2O4. The summed E-state index contributed by atoms with van der Waals surface area (Å²) >= 11 is 0. The molecule has 0 spiro atoms. The predicted molar refractivity (Wildman–Crippen MR) is 96.7 cm³/mol. The summed E-state index contributed by atoms with van der Waals surface area (Å²) in [6.07, 6.45) is 5.09. The number of carbonyl (C=O) groups is 3. The lowest BCUT2D eigenvalue weighted by atomic mass is 9.80. The van der Waals surface area contributed by atoms with Crippen molar-refractivity contribution in [3.05, 3.63) is 0 Å². The number of carbonyl (C=O) groups excluding carboxylic acids is 3. The van der Waals surface area contributed by atoms with Crippen molar-refractivity contribution in [2.24, 2.45) is 17.8 Å². The first-order chi connectivity index (χ1) is 11.8. The molecule has 2 atom stereocenters. The van der Waals surface area contributed by atoms with Crippen molar-refractivity contribution in [1.82, 2.24) is 10.6 Å². The van der Waals surface area contributed by atoms with Crippen LogP contribution in [0.4, 0.5) is 0 Å². The smallest absolute Gasteiger partial charge is 0.328 e. The van der Waals surface area contributed by atoms with Crippen molar-refractivity contribution in [2.75, 3.05) is 6.61 Å². The van der Waals surface area contributed by atoms with Crippen LogP contribution in [0.3, 0.4) is 0 Å². The quantitative estimate of drug-likeness (QED) is 0.656. The van der Waals surface area contributed by atoms with Crippen LogP contribution in [0.15, 0.2) is 0 Å². The van der Waals surface area contributed by atoms with Crippen molar-refractivity contribution in [3.63, 3.8) is 0 Å². The molecule has 2 amide bonds. The van der Waals surface area contributed by atoms with Crippen molar-refractivity contribution < 1.29 is 19.1 Å². The maximum absolute atomic E-state index is 12.6. The number of hydrogen-bond acceptors (Lipinski definition) is 4. The fraction of sp³-hybridized carbons (Fsp3) is 0.842. The second-order valence-electron chi connectivity index (χ2n) is 7.34. The fourth-order valence-corrected chi connectivity index (χ4v) is 3.27. The lowest BCUT2D eigenvalue weighted by molar-refractivity contribution is -0.147. The van der Waals surface area contributed by atoms with Crippen LogP contribution in [0.2, 0.25) is 0 Å². The van der Waals surface area contributed by atoms with Gasteiger partial charge in [0, 0.05) is 5.92 Å². The van der Waals surface area contributed by atoms with Crippen molar-refractivity contribution in [1.29, 1.82) is 0 Å². The lowest BCUT2D eigenvalue weighted by Crippen LogP contribution is -2.54. The van der Waals surface area contributed by atoms with Gasteiger partial charge in [-0.05, 0) is 51.4 Å². The molecule has 1 rings (SSSR count). The van der Waals surface area contributed by atoms with E-state index in [1.165, 1.54) is 0 Å². The fourth-order valence-electron chi connectivity index (χ4n) is 3.27. The highest BCUT2D eigenvalue weighted by atomic mass is 16.5. The molecule has 0 saturated heterocycles. The second kappa shape index (κ2) is 10.4. The Hall–Kier alpha value is -1.59. The van der Waals surface area contributed by atoms with Crippen LogP contribution in [0.25, 0.3) is 0 Å². The third kappa shape index (κ3) is 6.67. The first-order valence-corrected chi connectivity index (χ1v) is 9.57. The Morgan fingerprint density at radius 3 is 2.08 bits per heavy atom. The molecule has 2 N–H and O–H groups in total. The average Bonchev–Trinajstić information content (AvgIpc) is 2.59. The van der Waals surface area contributed by atoms with Gasteiger partial charge in [0.2, 0.25) is 11.8 Å². The number of ether oxygens (including phenoxy) is 1. The van der Waals surface area contributed by atoms with E-state index in [1.54, 1.807) is 13.8 Å². The van der Waals surface area contributed by atoms with Gasteiger partial charge < -0.3 is 15.4 Å². The Labute approximate surface area is 151 Å². The van der Waals surface area contributed by atoms with Crippen LogP contribution >= 0.6 is 0 Å². The van der Waals surface area contributed by atoms with E-state index < -0.39 is 18.1 Å². The molecule has 0 aromatic heterocycles. The van der Waals surface area contributed by atoms with Gasteiger partial charge in [0.1, 0.15) is 12.1 Å². The number of amides is 2. The summed E-state index contributed by atoms with van der Waals surface area (Å²) in [6.45, 7) is 9.53. The topological polar surface area (TPSA) is 84.5 Å². The van der Waals surface area contributed by atoms with Crippen LogP contribution in [0.1, 0.15) is 66.7 Å². The summed E-state index contributed by atoms with van der Waals surface area (Å²) < 4.78 is 4.90. The van der Waals surface area contributed by atoms with E-state index in [-0.39, 0.29) is 30.3 Å². The van der Waals surface area contributed by atoms with Gasteiger partial charge in [0.25, 0.3) is 0 Å². The summed E-state index contributed by atoms with van der Waals surface area (Å²) in [5, 5.41) is 5.53. The van der Waals surface area contributed by atoms with Gasteiger partial charge in [-0.1, -0.05) is 27.2 Å². The largest absolute Gasteiger partial charge is 0.464 e. The van der Waals surface area contributed by atoms with E-state index in [4.69, 9.17) is 4.74 Å². The van der Waals surface area contributed by atoms with Crippen LogP contribution in [-0.4, -0.2) is 36.5 Å². The van der Waals surface area contributed by atoms with Crippen molar-refractivity contribution in [2.45, 2.75) is 78.8 Å². The summed E-state index contributed by atoms with van der Waals surface area (Å²) in [5.41, 5.74) is 0. The summed E-state index contributed by atoms with van der Waals surface area (Å²) in [5.74, 6) is -0.218. The highest BCUT2D eigenvalue weighted by Gasteiger charge is 2.31. The molecule has 1 fully saturated rings. The first kappa shape index (κ1) is 21.5. The maximum Gasteiger partial charge on any atom is 0.328 e. The van der Waals surface area contributed by atoms with Crippen LogP contribution in [0, 0.1) is 17.8 Å². The molecule has 0 aliphatic heterocycles. The van der Waals surface area contributed by atoms with E-state index >= 15 is 0 Å². The highest BCUT2D eigenvalue weighted by molar-refractivity contribution is 5.91. The Morgan fingerprint density at radius 2 is 1.60 bits per heavy atom. The normalized spacial score (nSPS) is 22.8. The van der Waals surface area contributed by atoms with Gasteiger partial charge >= 0.3 is 5.97 Å². The van der Waals surface area contributed by atoms with Crippen LogP contribution < -0.4 is 10.6 Å². The first-order valence-electron chi connectivity index (χ1n) is 9.57. The molecule has 1 saturated carbocycles. The maximum atomic E-state index is 12.6. The Morgan fingerprint density at radius 1 is 1.00 bits per heavy atom. The molecule has 6 heteroatoms. The Bertz CT molecular complexity index is 456. The molecular weight excluding hydrogens is 320 g/mol. The highest BCUT2D eigenvalue weighted by Crippen LogP contribution is 2.30. The molecule has 6 nitrogen and oxygen atoms in total. The van der Waals surface area contributed by atoms with E-state index in [0.717, 1.165) is 38.0 Å². The third-order valence-corrected chi connectivity index (χ3v) is 5.04. The van der Waals surface area contributed by atoms with Crippen LogP contribution in [-0.2, 0) is 19.1 Å². The zero-order chi connectivity index (χ0) is 19.0. The SMILES string of the molecule is CCOC(=O)[C@@H](C)NC(=O)[C@H](NC(=O)C1CCC(CC)CC1)C(C)C. The number of esters is 1. The number of rotatable bonds is 8. The monoisotopic (exact) mass is 354 g/mol. The minimum absolute atomic E-state index is 0.0145. The van der Waals surface area contributed by atoms with Crippen LogP contribution in [0.5, 0.6) is 0 Å². The number of hydrogen-bond donors (Lipinski definition) is 2. The second-order valence-corrected chi connectivity index (χ2v) is 7.34. The predicted octanol–water partition coefficient (Wildman–Crippen LogP) is 2.41. The third-order valence-electron chi connectivity index (χ3n) is 5.04. The van der Waals surface area contributed by atoms with Gasteiger partial charge in [-0.2, -0.15) is 0 Å². The average molecular weight is 354 g/mol. The zero-order valence-electron chi connectivity index (χ0n) is 16.3.